The highest BCUT2D eigenvalue weighted by Gasteiger charge is 2.49. The fourth-order valence-electron chi connectivity index (χ4n) is 3.48. The minimum atomic E-state index is -4.40. The Morgan fingerprint density at radius 3 is 2.45 bits per heavy atom. The highest BCUT2D eigenvalue weighted by atomic mass is 32.1. The number of hydrogen-bond acceptors (Lipinski definition) is 7. The fraction of sp³-hybridized carbons (Fsp3) is 0.350. The number of amides is 1. The lowest BCUT2D eigenvalue weighted by atomic mass is 9.79. The molecule has 0 spiro atoms. The van der Waals surface area contributed by atoms with Crippen LogP contribution in [0.2, 0.25) is 0 Å². The molecule has 1 fully saturated rings. The first kappa shape index (κ1) is 21.7. The number of aliphatic hydroxyl groups is 1. The summed E-state index contributed by atoms with van der Waals surface area (Å²) in [6.07, 6.45) is -4.40. The minimum absolute atomic E-state index is 0.200. The van der Waals surface area contributed by atoms with Crippen molar-refractivity contribution in [1.29, 1.82) is 0 Å². The van der Waals surface area contributed by atoms with Crippen LogP contribution in [-0.2, 0) is 11.0 Å². The average molecular weight is 469 g/mol. The van der Waals surface area contributed by atoms with Crippen molar-refractivity contribution in [3.63, 3.8) is 0 Å². The third kappa shape index (κ3) is 4.17. The van der Waals surface area contributed by atoms with E-state index in [0.717, 1.165) is 33.4 Å². The van der Waals surface area contributed by atoms with Crippen molar-refractivity contribution >= 4 is 39.4 Å². The molecule has 31 heavy (non-hydrogen) atoms. The number of halogens is 3. The number of hydrogen-bond donors (Lipinski definition) is 2. The maximum Gasteiger partial charge on any atom is 0.416 e. The summed E-state index contributed by atoms with van der Waals surface area (Å²) < 4.78 is 38.2. The zero-order chi connectivity index (χ0) is 22.4. The molecule has 0 saturated carbocycles. The molecular formula is C20H19F3N4O2S2. The molecular weight excluding hydrogens is 449 g/mol. The zero-order valence-electron chi connectivity index (χ0n) is 16.7. The van der Waals surface area contributed by atoms with E-state index in [1.807, 2.05) is 19.2 Å². The Kier molecular flexibility index (Phi) is 5.52. The molecule has 0 radical (unpaired) electrons. The lowest BCUT2D eigenvalue weighted by Crippen LogP contribution is -2.64. The minimum Gasteiger partial charge on any atom is -0.395 e. The number of nitrogens with zero attached hydrogens (tertiary/aromatic N) is 3. The van der Waals surface area contributed by atoms with Gasteiger partial charge >= 0.3 is 6.18 Å². The van der Waals surface area contributed by atoms with Gasteiger partial charge in [-0.05, 0) is 38.1 Å². The van der Waals surface area contributed by atoms with Crippen LogP contribution in [0.4, 0.5) is 24.0 Å². The van der Waals surface area contributed by atoms with E-state index >= 15 is 0 Å². The second kappa shape index (κ2) is 7.88. The van der Waals surface area contributed by atoms with E-state index in [1.54, 1.807) is 4.90 Å². The van der Waals surface area contributed by atoms with Gasteiger partial charge in [-0.2, -0.15) is 13.2 Å². The third-order valence-electron chi connectivity index (χ3n) is 5.19. The van der Waals surface area contributed by atoms with Gasteiger partial charge in [-0.25, -0.2) is 9.97 Å². The summed E-state index contributed by atoms with van der Waals surface area (Å²) in [5, 5.41) is 15.8. The summed E-state index contributed by atoms with van der Waals surface area (Å²) in [5.41, 5.74) is 0.419. The van der Waals surface area contributed by atoms with Gasteiger partial charge in [0.25, 0.3) is 0 Å². The Morgan fingerprint density at radius 1 is 1.23 bits per heavy atom. The molecule has 0 unspecified atom stereocenters. The quantitative estimate of drug-likeness (QED) is 0.583. The van der Waals surface area contributed by atoms with Crippen LogP contribution in [0.3, 0.4) is 0 Å². The van der Waals surface area contributed by atoms with Crippen LogP contribution in [0.5, 0.6) is 0 Å². The molecule has 0 atom stereocenters. The van der Waals surface area contributed by atoms with Gasteiger partial charge in [0.2, 0.25) is 5.91 Å². The van der Waals surface area contributed by atoms with E-state index < -0.39 is 17.2 Å². The Hall–Kier alpha value is -2.50. The first-order valence-electron chi connectivity index (χ1n) is 9.36. The van der Waals surface area contributed by atoms with Gasteiger partial charge in [-0.3, -0.25) is 4.79 Å². The van der Waals surface area contributed by atoms with Gasteiger partial charge in [-0.15, -0.1) is 22.7 Å². The maximum absolute atomic E-state index is 12.8. The number of benzene rings is 1. The first-order valence-corrected chi connectivity index (χ1v) is 11.1. The van der Waals surface area contributed by atoms with E-state index in [0.29, 0.717) is 10.8 Å². The van der Waals surface area contributed by atoms with E-state index in [1.165, 1.54) is 34.8 Å². The molecule has 1 aromatic carbocycles. The van der Waals surface area contributed by atoms with Gasteiger partial charge in [0, 0.05) is 24.2 Å². The normalized spacial score (nSPS) is 15.6. The Morgan fingerprint density at radius 2 is 1.90 bits per heavy atom. The second-order valence-corrected chi connectivity index (χ2v) is 9.54. The predicted octanol–water partition coefficient (Wildman–Crippen LogP) is 4.34. The summed E-state index contributed by atoms with van der Waals surface area (Å²) in [6, 6.07) is 4.76. The highest BCUT2D eigenvalue weighted by Crippen LogP contribution is 2.38. The van der Waals surface area contributed by atoms with Crippen molar-refractivity contribution in [2.45, 2.75) is 20.0 Å². The van der Waals surface area contributed by atoms with Gasteiger partial charge in [-0.1, -0.05) is 0 Å². The molecule has 1 aliphatic rings. The molecule has 1 amide bonds. The van der Waals surface area contributed by atoms with Gasteiger partial charge in [0.05, 0.1) is 33.4 Å². The van der Waals surface area contributed by atoms with E-state index in [-0.39, 0.29) is 25.6 Å². The average Bonchev–Trinajstić information content (AvgIpc) is 3.26. The Labute approximate surface area is 184 Å². The van der Waals surface area contributed by atoms with Crippen LogP contribution < -0.4 is 10.2 Å². The van der Waals surface area contributed by atoms with Crippen LogP contribution >= 0.6 is 22.7 Å². The molecule has 0 aliphatic carbocycles. The summed E-state index contributed by atoms with van der Waals surface area (Å²) in [4.78, 5) is 24.4. The van der Waals surface area contributed by atoms with Crippen LogP contribution in [-0.4, -0.2) is 40.7 Å². The van der Waals surface area contributed by atoms with E-state index in [9.17, 15) is 23.1 Å². The molecule has 0 bridgehead atoms. The topological polar surface area (TPSA) is 78.3 Å². The van der Waals surface area contributed by atoms with Crippen molar-refractivity contribution in [2.24, 2.45) is 5.41 Å². The molecule has 1 aliphatic heterocycles. The number of alkyl halides is 3. The monoisotopic (exact) mass is 468 g/mol. The molecule has 1 saturated heterocycles. The fourth-order valence-corrected chi connectivity index (χ4v) is 5.13. The SMILES string of the molecule is Cc1nc(C)c(-c2csc(NC(=O)C3(CO)CN(c4ccc(C(F)(F)F)cc4)C3)n2)s1. The molecule has 2 aromatic heterocycles. The van der Waals surface area contributed by atoms with Crippen molar-refractivity contribution in [2.75, 3.05) is 29.9 Å². The van der Waals surface area contributed by atoms with E-state index in [4.69, 9.17) is 0 Å². The molecule has 3 aromatic rings. The number of aliphatic hydroxyl groups excluding tert-OH is 1. The highest BCUT2D eigenvalue weighted by molar-refractivity contribution is 7.16. The predicted molar refractivity (Wildman–Crippen MR) is 115 cm³/mol. The summed E-state index contributed by atoms with van der Waals surface area (Å²) in [6.45, 7) is 3.85. The van der Waals surface area contributed by atoms with Crippen LogP contribution in [0, 0.1) is 19.3 Å². The number of aryl methyl sites for hydroxylation is 2. The van der Waals surface area contributed by atoms with Gasteiger partial charge < -0.3 is 15.3 Å². The summed E-state index contributed by atoms with van der Waals surface area (Å²) >= 11 is 2.82. The molecule has 3 heterocycles. The molecule has 2 N–H and O–H groups in total. The van der Waals surface area contributed by atoms with Crippen LogP contribution in [0.15, 0.2) is 29.6 Å². The van der Waals surface area contributed by atoms with Gasteiger partial charge in [0.1, 0.15) is 5.41 Å². The largest absolute Gasteiger partial charge is 0.416 e. The Balaban J connectivity index is 1.42. The molecule has 6 nitrogen and oxygen atoms in total. The molecule has 164 valence electrons. The number of thiazole rings is 2. The number of nitrogens with one attached hydrogen (secondary N) is 1. The number of carbonyl (C=O) groups is 1. The number of aromatic nitrogens is 2. The smallest absolute Gasteiger partial charge is 0.395 e. The second-order valence-electron chi connectivity index (χ2n) is 7.48. The van der Waals surface area contributed by atoms with Crippen molar-refractivity contribution < 1.29 is 23.1 Å². The first-order chi connectivity index (χ1) is 14.6. The zero-order valence-corrected chi connectivity index (χ0v) is 18.3. The van der Waals surface area contributed by atoms with Gasteiger partial charge in [0.15, 0.2) is 5.13 Å². The van der Waals surface area contributed by atoms with Crippen LogP contribution in [0.25, 0.3) is 10.6 Å². The summed E-state index contributed by atoms with van der Waals surface area (Å²) in [5.74, 6) is -0.365. The van der Waals surface area contributed by atoms with Crippen molar-refractivity contribution in [1.82, 2.24) is 9.97 Å². The number of carbonyl (C=O) groups excluding carboxylic acids is 1. The van der Waals surface area contributed by atoms with Crippen molar-refractivity contribution in [3.8, 4) is 10.6 Å². The molecule has 11 heteroatoms. The van der Waals surface area contributed by atoms with Crippen molar-refractivity contribution in [3.05, 3.63) is 45.9 Å². The lowest BCUT2D eigenvalue weighted by molar-refractivity contribution is -0.137. The standard InChI is InChI=1S/C20H19F3N4O2S2/c1-11-16(31-12(2)24-11)15-7-30-18(25-15)26-17(29)19(10-28)8-27(9-19)14-5-3-13(4-6-14)20(21,22)23/h3-7,28H,8-10H2,1-2H3,(H,25,26,29). The lowest BCUT2D eigenvalue weighted by Gasteiger charge is -2.48. The maximum atomic E-state index is 12.8. The van der Waals surface area contributed by atoms with E-state index in [2.05, 4.69) is 15.3 Å². The molecule has 4 rings (SSSR count). The summed E-state index contributed by atoms with van der Waals surface area (Å²) in [7, 11) is 0. The third-order valence-corrected chi connectivity index (χ3v) is 7.05. The number of anilines is 2. The van der Waals surface area contributed by atoms with Crippen LogP contribution in [0.1, 0.15) is 16.3 Å². The number of rotatable bonds is 5. The Bertz CT molecular complexity index is 1100.